The summed E-state index contributed by atoms with van der Waals surface area (Å²) < 4.78 is 51.6. The summed E-state index contributed by atoms with van der Waals surface area (Å²) in [6.07, 6.45) is -0.903. The van der Waals surface area contributed by atoms with Crippen LogP contribution in [0.5, 0.6) is 0 Å². The number of hydrogen-bond donors (Lipinski definition) is 2. The lowest BCUT2D eigenvalue weighted by atomic mass is 9.86. The first kappa shape index (κ1) is 33.4. The molecular formula is C30H43F2N3O6Si. The SMILES string of the molecule is CC(C)(C)OC(=O)N[C@H](c1nc(-c2nc(CO[Si](C)(C)C(C)(C)C)co2)c([C@@H](O)c2cc(F)cc(F)c2)o1)C(C)(C)C. The summed E-state index contributed by atoms with van der Waals surface area (Å²) in [6.45, 7) is 21.6. The number of ether oxygens (including phenoxy) is 1. The number of hydrogen-bond acceptors (Lipinski definition) is 8. The van der Waals surface area contributed by atoms with Crippen molar-refractivity contribution in [2.45, 2.75) is 105 Å². The number of halogens is 2. The van der Waals surface area contributed by atoms with Crippen molar-refractivity contribution in [3.63, 3.8) is 0 Å². The first-order valence-electron chi connectivity index (χ1n) is 13.8. The average Bonchev–Trinajstić information content (AvgIpc) is 3.45. The molecule has 2 heterocycles. The van der Waals surface area contributed by atoms with Crippen molar-refractivity contribution in [1.82, 2.24) is 15.3 Å². The Balaban J connectivity index is 2.07. The molecule has 12 heteroatoms. The van der Waals surface area contributed by atoms with Crippen LogP contribution in [0.1, 0.15) is 97.4 Å². The molecule has 1 aromatic carbocycles. The smallest absolute Gasteiger partial charge is 0.408 e. The van der Waals surface area contributed by atoms with Gasteiger partial charge in [-0.15, -0.1) is 0 Å². The predicted octanol–water partition coefficient (Wildman–Crippen LogP) is 7.82. The minimum absolute atomic E-state index is 0.00897. The molecule has 1 amide bonds. The Labute approximate surface area is 247 Å². The molecule has 0 unspecified atom stereocenters. The second-order valence-electron chi connectivity index (χ2n) is 14.0. The maximum Gasteiger partial charge on any atom is 0.408 e. The van der Waals surface area contributed by atoms with Crippen LogP contribution in [0, 0.1) is 17.0 Å². The van der Waals surface area contributed by atoms with E-state index >= 15 is 0 Å². The van der Waals surface area contributed by atoms with E-state index in [0.29, 0.717) is 11.8 Å². The summed E-state index contributed by atoms with van der Waals surface area (Å²) in [4.78, 5) is 21.8. The second kappa shape index (κ2) is 11.9. The van der Waals surface area contributed by atoms with E-state index in [-0.39, 0.29) is 40.4 Å². The normalized spacial score (nSPS) is 14.5. The Morgan fingerprint density at radius 1 is 1.02 bits per heavy atom. The molecule has 3 aromatic rings. The molecule has 0 aliphatic carbocycles. The van der Waals surface area contributed by atoms with Crippen LogP contribution >= 0.6 is 0 Å². The van der Waals surface area contributed by atoms with Crippen LogP contribution in [-0.2, 0) is 15.8 Å². The van der Waals surface area contributed by atoms with Gasteiger partial charge >= 0.3 is 6.09 Å². The number of aliphatic hydroxyl groups is 1. The van der Waals surface area contributed by atoms with Gasteiger partial charge in [-0.05, 0) is 62.0 Å². The van der Waals surface area contributed by atoms with E-state index in [4.69, 9.17) is 18.0 Å². The highest BCUT2D eigenvalue weighted by molar-refractivity contribution is 6.74. The van der Waals surface area contributed by atoms with E-state index in [1.54, 1.807) is 20.8 Å². The molecule has 0 aliphatic rings. The maximum absolute atomic E-state index is 14.1. The summed E-state index contributed by atoms with van der Waals surface area (Å²) in [5, 5.41) is 14.0. The van der Waals surface area contributed by atoms with Gasteiger partial charge in [0.05, 0.1) is 6.61 Å². The van der Waals surface area contributed by atoms with Gasteiger partial charge in [0.25, 0.3) is 0 Å². The van der Waals surface area contributed by atoms with E-state index in [1.165, 1.54) is 6.26 Å². The van der Waals surface area contributed by atoms with Crippen molar-refractivity contribution in [3.8, 4) is 11.6 Å². The van der Waals surface area contributed by atoms with Crippen molar-refractivity contribution in [3.05, 3.63) is 59.0 Å². The first-order chi connectivity index (χ1) is 19.1. The van der Waals surface area contributed by atoms with Crippen LogP contribution in [0.15, 0.2) is 33.3 Å². The van der Waals surface area contributed by atoms with Gasteiger partial charge in [-0.3, -0.25) is 0 Å². The molecule has 2 N–H and O–H groups in total. The number of carbonyl (C=O) groups is 1. The molecule has 2 aromatic heterocycles. The molecular weight excluding hydrogens is 564 g/mol. The summed E-state index contributed by atoms with van der Waals surface area (Å²) in [5.74, 6) is -1.87. The minimum atomic E-state index is -2.09. The Bertz CT molecular complexity index is 1380. The van der Waals surface area contributed by atoms with E-state index in [2.05, 4.69) is 49.1 Å². The van der Waals surface area contributed by atoms with E-state index in [0.717, 1.165) is 12.1 Å². The predicted molar refractivity (Wildman–Crippen MR) is 156 cm³/mol. The highest BCUT2D eigenvalue weighted by Gasteiger charge is 2.38. The number of rotatable bonds is 8. The third-order valence-electron chi connectivity index (χ3n) is 7.03. The fourth-order valence-corrected chi connectivity index (χ4v) is 4.66. The topological polar surface area (TPSA) is 120 Å². The third-order valence-corrected chi connectivity index (χ3v) is 11.5. The summed E-state index contributed by atoms with van der Waals surface area (Å²) >= 11 is 0. The van der Waals surface area contributed by atoms with Crippen LogP contribution in [-0.4, -0.2) is 35.1 Å². The van der Waals surface area contributed by atoms with Crippen molar-refractivity contribution < 1.29 is 36.7 Å². The molecule has 0 spiro atoms. The molecule has 0 aliphatic heterocycles. The fraction of sp³-hybridized carbons (Fsp3) is 0.567. The number of carbonyl (C=O) groups excluding carboxylic acids is 1. The summed E-state index contributed by atoms with van der Waals surface area (Å²) in [7, 11) is -2.09. The van der Waals surface area contributed by atoms with Gasteiger partial charge in [-0.25, -0.2) is 23.5 Å². The molecule has 3 rings (SSSR count). The molecule has 0 fully saturated rings. The lowest BCUT2D eigenvalue weighted by Crippen LogP contribution is -2.40. The fourth-order valence-electron chi connectivity index (χ4n) is 3.72. The largest absolute Gasteiger partial charge is 0.444 e. The Morgan fingerprint density at radius 2 is 1.62 bits per heavy atom. The van der Waals surface area contributed by atoms with Gasteiger partial charge in [0, 0.05) is 6.07 Å². The van der Waals surface area contributed by atoms with Gasteiger partial charge in [0.2, 0.25) is 11.8 Å². The zero-order chi connectivity index (χ0) is 31.8. The number of aliphatic hydroxyl groups excluding tert-OH is 1. The van der Waals surface area contributed by atoms with Crippen molar-refractivity contribution in [2.24, 2.45) is 5.41 Å². The van der Waals surface area contributed by atoms with Crippen molar-refractivity contribution in [2.75, 3.05) is 0 Å². The van der Waals surface area contributed by atoms with Crippen LogP contribution in [0.25, 0.3) is 11.6 Å². The van der Waals surface area contributed by atoms with Crippen LogP contribution in [0.3, 0.4) is 0 Å². The standard InChI is InChI=1S/C30H43F2N3O6Si/c1-28(2,3)24(35-27(37)41-29(4,5)6)26-34-21(23(40-26)22(36)17-12-18(31)14-19(32)13-17)25-33-20(15-38-25)16-39-42(10,11)30(7,8)9/h12-15,22,24,36H,16H2,1-11H3,(H,35,37)/t22-,24+/m0/s1. The lowest BCUT2D eigenvalue weighted by molar-refractivity contribution is 0.0444. The van der Waals surface area contributed by atoms with Gasteiger partial charge in [0.1, 0.15) is 41.3 Å². The molecule has 9 nitrogen and oxygen atoms in total. The van der Waals surface area contributed by atoms with Crippen LogP contribution in [0.2, 0.25) is 18.1 Å². The molecule has 0 saturated carbocycles. The van der Waals surface area contributed by atoms with E-state index in [9.17, 15) is 18.7 Å². The summed E-state index contributed by atoms with van der Waals surface area (Å²) in [5.41, 5.74) is -0.975. The highest BCUT2D eigenvalue weighted by Crippen LogP contribution is 2.40. The molecule has 0 saturated heterocycles. The molecule has 0 bridgehead atoms. The Hall–Kier alpha value is -3.09. The monoisotopic (exact) mass is 607 g/mol. The van der Waals surface area contributed by atoms with E-state index < -0.39 is 49.2 Å². The number of nitrogens with one attached hydrogen (secondary N) is 1. The first-order valence-corrected chi connectivity index (χ1v) is 16.7. The van der Waals surface area contributed by atoms with Crippen LogP contribution in [0.4, 0.5) is 13.6 Å². The summed E-state index contributed by atoms with van der Waals surface area (Å²) in [6, 6.07) is 1.86. The second-order valence-corrected chi connectivity index (χ2v) is 18.8. The number of benzene rings is 1. The Morgan fingerprint density at radius 3 is 2.14 bits per heavy atom. The average molecular weight is 608 g/mol. The maximum atomic E-state index is 14.1. The zero-order valence-electron chi connectivity index (χ0n) is 26.3. The van der Waals surface area contributed by atoms with Gasteiger partial charge in [0.15, 0.2) is 19.8 Å². The zero-order valence-corrected chi connectivity index (χ0v) is 27.3. The number of nitrogens with zero attached hydrogens (tertiary/aromatic N) is 2. The number of oxazole rings is 2. The van der Waals surface area contributed by atoms with Gasteiger partial charge in [-0.1, -0.05) is 41.5 Å². The van der Waals surface area contributed by atoms with Gasteiger partial charge < -0.3 is 28.4 Å². The molecule has 0 radical (unpaired) electrons. The van der Waals surface area contributed by atoms with E-state index in [1.807, 2.05) is 20.8 Å². The molecule has 232 valence electrons. The third kappa shape index (κ3) is 8.26. The lowest BCUT2D eigenvalue weighted by Gasteiger charge is -2.35. The van der Waals surface area contributed by atoms with Gasteiger partial charge in [-0.2, -0.15) is 0 Å². The molecule has 2 atom stereocenters. The number of amides is 1. The van der Waals surface area contributed by atoms with Crippen molar-refractivity contribution in [1.29, 1.82) is 0 Å². The van der Waals surface area contributed by atoms with Crippen molar-refractivity contribution >= 4 is 14.4 Å². The highest BCUT2D eigenvalue weighted by atomic mass is 28.4. The number of aromatic nitrogens is 2. The Kier molecular flexibility index (Phi) is 9.46. The number of alkyl carbamates (subject to hydrolysis) is 1. The molecule has 42 heavy (non-hydrogen) atoms. The minimum Gasteiger partial charge on any atom is -0.444 e. The quantitative estimate of drug-likeness (QED) is 0.249. The van der Waals surface area contributed by atoms with Crippen LogP contribution < -0.4 is 5.32 Å².